The fourth-order valence-electron chi connectivity index (χ4n) is 7.70. The molecular weight excluding hydrogens is 644 g/mol. The van der Waals surface area contributed by atoms with Gasteiger partial charge in [-0.25, -0.2) is 0 Å². The highest BCUT2D eigenvalue weighted by atomic mass is 16.5. The number of ether oxygens (including phenoxy) is 6. The molecule has 11 heteroatoms. The second-order valence-corrected chi connectivity index (χ2v) is 12.8. The molecular formula is C39H38O11. The van der Waals surface area contributed by atoms with E-state index in [0.717, 1.165) is 22.3 Å². The highest BCUT2D eigenvalue weighted by Gasteiger charge is 2.60. The van der Waals surface area contributed by atoms with Gasteiger partial charge in [0.1, 0.15) is 18.3 Å². The number of aromatic hydroxyl groups is 4. The number of ketones is 1. The Labute approximate surface area is 288 Å². The van der Waals surface area contributed by atoms with E-state index in [-0.39, 0.29) is 46.7 Å². The van der Waals surface area contributed by atoms with Gasteiger partial charge >= 0.3 is 0 Å². The van der Waals surface area contributed by atoms with Crippen LogP contribution in [0.2, 0.25) is 0 Å². The summed E-state index contributed by atoms with van der Waals surface area (Å²) in [5.41, 5.74) is 3.44. The molecule has 1 fully saturated rings. The standard InChI is InChI=1S/C39H38O11/c1-45-30-12-8-23(15-29(30)43)38-39(37(44)36(50-38)22-7-11-28(42)33(18-22)48-4)14-13-24-25(19-39)35(21-6-10-27(41)32(17-21)47-3)49-34(24)20-5-9-26(40)31(16-20)46-2/h5-12,15-18,34-36,38,40-43H,13-14,19H2,1-4H3/t34-,35+,36+,38-,39-/m0/s1. The number of hydrogen-bond donors (Lipinski definition) is 4. The van der Waals surface area contributed by atoms with Crippen molar-refractivity contribution >= 4 is 5.78 Å². The lowest BCUT2D eigenvalue weighted by Crippen LogP contribution is -2.36. The molecule has 4 N–H and O–H groups in total. The van der Waals surface area contributed by atoms with Crippen molar-refractivity contribution < 1.29 is 53.6 Å². The predicted molar refractivity (Wildman–Crippen MR) is 180 cm³/mol. The highest BCUT2D eigenvalue weighted by molar-refractivity contribution is 5.93. The average molecular weight is 683 g/mol. The molecule has 260 valence electrons. The van der Waals surface area contributed by atoms with E-state index in [2.05, 4.69) is 0 Å². The van der Waals surface area contributed by atoms with Gasteiger partial charge in [0, 0.05) is 0 Å². The lowest BCUT2D eigenvalue weighted by molar-refractivity contribution is -0.128. The quantitative estimate of drug-likeness (QED) is 0.144. The van der Waals surface area contributed by atoms with Gasteiger partial charge in [0.15, 0.2) is 51.8 Å². The first-order chi connectivity index (χ1) is 24.1. The van der Waals surface area contributed by atoms with Gasteiger partial charge in [0.25, 0.3) is 0 Å². The van der Waals surface area contributed by atoms with Gasteiger partial charge in [-0.05, 0) is 101 Å². The first-order valence-corrected chi connectivity index (χ1v) is 16.2. The summed E-state index contributed by atoms with van der Waals surface area (Å²) in [7, 11) is 5.86. The number of methoxy groups -OCH3 is 4. The Balaban J connectivity index is 1.37. The van der Waals surface area contributed by atoms with E-state index in [0.29, 0.717) is 35.5 Å². The van der Waals surface area contributed by atoms with Gasteiger partial charge in [0.05, 0.1) is 40.0 Å². The molecule has 0 amide bonds. The van der Waals surface area contributed by atoms with E-state index in [1.165, 1.54) is 34.5 Å². The number of benzene rings is 4. The van der Waals surface area contributed by atoms with Crippen molar-refractivity contribution in [2.24, 2.45) is 5.41 Å². The van der Waals surface area contributed by atoms with Crippen LogP contribution in [0.3, 0.4) is 0 Å². The minimum atomic E-state index is -1.08. The van der Waals surface area contributed by atoms with Crippen LogP contribution in [-0.4, -0.2) is 54.6 Å². The van der Waals surface area contributed by atoms with Crippen LogP contribution >= 0.6 is 0 Å². The number of carbonyl (C=O) groups excluding carboxylic acids is 1. The van der Waals surface area contributed by atoms with Crippen molar-refractivity contribution in [3.8, 4) is 46.0 Å². The van der Waals surface area contributed by atoms with Crippen molar-refractivity contribution in [2.75, 3.05) is 28.4 Å². The fraction of sp³-hybridized carbons (Fsp3) is 0.308. The molecule has 7 rings (SSSR count). The second-order valence-electron chi connectivity index (χ2n) is 12.8. The molecule has 3 aliphatic rings. The third-order valence-electron chi connectivity index (χ3n) is 10.2. The fourth-order valence-corrected chi connectivity index (χ4v) is 7.70. The zero-order chi connectivity index (χ0) is 35.3. The molecule has 0 unspecified atom stereocenters. The van der Waals surface area contributed by atoms with E-state index >= 15 is 0 Å². The third kappa shape index (κ3) is 5.33. The highest BCUT2D eigenvalue weighted by Crippen LogP contribution is 2.64. The molecule has 1 saturated heterocycles. The summed E-state index contributed by atoms with van der Waals surface area (Å²) in [6.45, 7) is 0. The molecule has 50 heavy (non-hydrogen) atoms. The van der Waals surface area contributed by atoms with Crippen molar-refractivity contribution in [3.63, 3.8) is 0 Å². The zero-order valence-electron chi connectivity index (χ0n) is 28.0. The van der Waals surface area contributed by atoms with Gasteiger partial charge in [-0.3, -0.25) is 4.79 Å². The van der Waals surface area contributed by atoms with E-state index in [1.807, 2.05) is 0 Å². The Hall–Kier alpha value is -5.39. The van der Waals surface area contributed by atoms with E-state index < -0.39 is 29.8 Å². The number of phenols is 4. The van der Waals surface area contributed by atoms with Gasteiger partial charge < -0.3 is 48.8 Å². The molecule has 0 aromatic heterocycles. The third-order valence-corrected chi connectivity index (χ3v) is 10.2. The SMILES string of the molecule is COc1ccc([C@@H]2O[C@H](c3ccc(O)c(OC)c3)C(=O)[C@@]23CCC2=C(C3)[C@@H](c3ccc(O)c(OC)c3)O[C@H]2c2ccc(O)c(OC)c2)cc1O. The second kappa shape index (κ2) is 12.8. The van der Waals surface area contributed by atoms with E-state index in [4.69, 9.17) is 28.4 Å². The molecule has 11 nitrogen and oxygen atoms in total. The zero-order valence-corrected chi connectivity index (χ0v) is 28.0. The number of Topliss-reactive ketones (excluding diaryl/α,β-unsaturated/α-hetero) is 1. The number of hydrogen-bond acceptors (Lipinski definition) is 11. The summed E-state index contributed by atoms with van der Waals surface area (Å²) in [4.78, 5) is 14.9. The lowest BCUT2D eigenvalue weighted by Gasteiger charge is -2.38. The summed E-state index contributed by atoms with van der Waals surface area (Å²) in [6.07, 6.45) is -1.74. The Kier molecular flexibility index (Phi) is 8.49. The van der Waals surface area contributed by atoms with Crippen LogP contribution in [0.4, 0.5) is 0 Å². The predicted octanol–water partition coefficient (Wildman–Crippen LogP) is 6.90. The summed E-state index contributed by atoms with van der Waals surface area (Å²) >= 11 is 0. The smallest absolute Gasteiger partial charge is 0.175 e. The topological polar surface area (TPSA) is 153 Å². The lowest BCUT2D eigenvalue weighted by atomic mass is 9.63. The van der Waals surface area contributed by atoms with Crippen LogP contribution in [0, 0.1) is 5.41 Å². The Morgan fingerprint density at radius 3 is 1.54 bits per heavy atom. The maximum atomic E-state index is 14.9. The van der Waals surface area contributed by atoms with Crippen LogP contribution < -0.4 is 18.9 Å². The summed E-state index contributed by atoms with van der Waals surface area (Å²) < 4.78 is 35.1. The molecule has 0 bridgehead atoms. The molecule has 4 aromatic carbocycles. The van der Waals surface area contributed by atoms with Crippen LogP contribution in [0.15, 0.2) is 83.9 Å². The molecule has 2 heterocycles. The van der Waals surface area contributed by atoms with Gasteiger partial charge in [-0.1, -0.05) is 24.3 Å². The minimum absolute atomic E-state index is 0.00191. The first kappa shape index (κ1) is 33.1. The Morgan fingerprint density at radius 2 is 1.04 bits per heavy atom. The minimum Gasteiger partial charge on any atom is -0.504 e. The molecule has 0 saturated carbocycles. The van der Waals surface area contributed by atoms with Crippen molar-refractivity contribution in [3.05, 3.63) is 106 Å². The van der Waals surface area contributed by atoms with Crippen molar-refractivity contribution in [2.45, 2.75) is 43.7 Å². The average Bonchev–Trinajstić information content (AvgIpc) is 3.63. The number of carbonyl (C=O) groups is 1. The summed E-state index contributed by atoms with van der Waals surface area (Å²) in [5, 5.41) is 41.9. The van der Waals surface area contributed by atoms with Crippen LogP contribution in [0.25, 0.3) is 0 Å². The maximum absolute atomic E-state index is 14.9. The number of rotatable bonds is 8. The first-order valence-electron chi connectivity index (χ1n) is 16.2. The normalized spacial score (nSPS) is 24.4. The Morgan fingerprint density at radius 1 is 0.560 bits per heavy atom. The summed E-state index contributed by atoms with van der Waals surface area (Å²) in [6, 6.07) is 19.9. The Bertz CT molecular complexity index is 2000. The molecule has 0 radical (unpaired) electrons. The van der Waals surface area contributed by atoms with Crippen molar-refractivity contribution in [1.82, 2.24) is 0 Å². The molecule has 2 aliphatic heterocycles. The van der Waals surface area contributed by atoms with Crippen molar-refractivity contribution in [1.29, 1.82) is 0 Å². The maximum Gasteiger partial charge on any atom is 0.175 e. The molecule has 5 atom stereocenters. The molecule has 4 aromatic rings. The van der Waals surface area contributed by atoms with Crippen LogP contribution in [0.5, 0.6) is 46.0 Å². The van der Waals surface area contributed by atoms with Gasteiger partial charge in [-0.15, -0.1) is 0 Å². The molecule has 1 spiro atoms. The van der Waals surface area contributed by atoms with Gasteiger partial charge in [-0.2, -0.15) is 0 Å². The van der Waals surface area contributed by atoms with Gasteiger partial charge in [0.2, 0.25) is 0 Å². The number of phenolic OH excluding ortho intramolecular Hbond substituents is 4. The van der Waals surface area contributed by atoms with E-state index in [9.17, 15) is 25.2 Å². The summed E-state index contributed by atoms with van der Waals surface area (Å²) in [5.74, 6) is 0.783. The van der Waals surface area contributed by atoms with E-state index in [1.54, 1.807) is 66.7 Å². The van der Waals surface area contributed by atoms with Crippen LogP contribution in [0.1, 0.15) is 65.9 Å². The molecule has 1 aliphatic carbocycles. The largest absolute Gasteiger partial charge is 0.504 e. The monoisotopic (exact) mass is 682 g/mol. The van der Waals surface area contributed by atoms with Crippen LogP contribution in [-0.2, 0) is 14.3 Å².